The van der Waals surface area contributed by atoms with Crippen LogP contribution in [0.4, 0.5) is 0 Å². The topological polar surface area (TPSA) is 92.7 Å². The Morgan fingerprint density at radius 1 is 0.549 bits per heavy atom. The van der Waals surface area contributed by atoms with E-state index in [4.69, 9.17) is 9.84 Å². The summed E-state index contributed by atoms with van der Waals surface area (Å²) in [5.41, 5.74) is 0. The number of hydrogen-bond donors (Lipinski definition) is 2. The second kappa shape index (κ2) is 39.4. The average Bonchev–Trinajstić information content (AvgIpc) is 3.11. The number of rotatable bonds is 35. The fraction of sp³-hybridized carbons (Fsp3) is 0.622. The van der Waals surface area contributed by atoms with Gasteiger partial charge >= 0.3 is 11.9 Å². The number of amides is 1. The summed E-state index contributed by atoms with van der Waals surface area (Å²) in [5, 5.41) is 11.0. The van der Waals surface area contributed by atoms with Crippen LogP contribution in [0.3, 0.4) is 0 Å². The van der Waals surface area contributed by atoms with Gasteiger partial charge in [0.1, 0.15) is 12.6 Å². The fourth-order valence-corrected chi connectivity index (χ4v) is 5.31. The molecule has 0 aliphatic carbocycles. The average molecular weight is 708 g/mol. The second-order valence-electron chi connectivity index (χ2n) is 13.2. The molecule has 6 heteroatoms. The van der Waals surface area contributed by atoms with E-state index in [0.717, 1.165) is 116 Å². The molecular formula is C45H73NO5. The van der Waals surface area contributed by atoms with Gasteiger partial charge in [0, 0.05) is 12.8 Å². The Morgan fingerprint density at radius 2 is 1.02 bits per heavy atom. The van der Waals surface area contributed by atoms with Crippen LogP contribution in [0.5, 0.6) is 0 Å². The molecule has 0 aromatic heterocycles. The van der Waals surface area contributed by atoms with Gasteiger partial charge in [0.05, 0.1) is 0 Å². The molecule has 0 aliphatic rings. The van der Waals surface area contributed by atoms with Crippen molar-refractivity contribution in [3.8, 4) is 0 Å². The Hall–Kier alpha value is -3.41. The molecule has 0 fully saturated rings. The highest BCUT2D eigenvalue weighted by Gasteiger charge is 2.11. The third-order valence-corrected chi connectivity index (χ3v) is 8.29. The minimum Gasteiger partial charge on any atom is -0.480 e. The lowest BCUT2D eigenvalue weighted by atomic mass is 10.1. The number of ether oxygens (including phenoxy) is 1. The molecule has 288 valence electrons. The highest BCUT2D eigenvalue weighted by Crippen LogP contribution is 2.15. The van der Waals surface area contributed by atoms with E-state index in [2.05, 4.69) is 104 Å². The van der Waals surface area contributed by atoms with E-state index < -0.39 is 5.97 Å². The lowest BCUT2D eigenvalue weighted by Gasteiger charge is -2.14. The summed E-state index contributed by atoms with van der Waals surface area (Å²) in [6.07, 6.45) is 54.3. The zero-order chi connectivity index (χ0) is 37.3. The van der Waals surface area contributed by atoms with Crippen LogP contribution in [0.1, 0.15) is 168 Å². The van der Waals surface area contributed by atoms with Crippen molar-refractivity contribution >= 4 is 17.8 Å². The van der Waals surface area contributed by atoms with Crippen molar-refractivity contribution in [2.45, 2.75) is 174 Å². The van der Waals surface area contributed by atoms with Crippen molar-refractivity contribution in [2.75, 3.05) is 6.54 Å². The Bertz CT molecular complexity index is 1050. The number of nitrogens with one attached hydrogen (secondary N) is 1. The van der Waals surface area contributed by atoms with Crippen LogP contribution in [0.25, 0.3) is 0 Å². The Kier molecular flexibility index (Phi) is 36.7. The maximum absolute atomic E-state index is 12.7. The molecular weight excluding hydrogens is 634 g/mol. The van der Waals surface area contributed by atoms with Crippen molar-refractivity contribution in [3.63, 3.8) is 0 Å². The largest absolute Gasteiger partial charge is 0.480 e. The maximum Gasteiger partial charge on any atom is 0.322 e. The van der Waals surface area contributed by atoms with E-state index in [0.29, 0.717) is 12.8 Å². The summed E-state index contributed by atoms with van der Waals surface area (Å²) in [7, 11) is 0. The van der Waals surface area contributed by atoms with Gasteiger partial charge in [0.15, 0.2) is 0 Å². The molecule has 0 saturated carbocycles. The first kappa shape index (κ1) is 47.6. The van der Waals surface area contributed by atoms with E-state index in [1.807, 2.05) is 0 Å². The minimum atomic E-state index is -1.02. The summed E-state index contributed by atoms with van der Waals surface area (Å²) < 4.78 is 5.90. The molecule has 0 aromatic rings. The van der Waals surface area contributed by atoms with Gasteiger partial charge in [-0.05, 0) is 96.0 Å². The summed E-state index contributed by atoms with van der Waals surface area (Å²) in [4.78, 5) is 34.8. The van der Waals surface area contributed by atoms with Gasteiger partial charge in [-0.3, -0.25) is 14.4 Å². The zero-order valence-corrected chi connectivity index (χ0v) is 32.4. The van der Waals surface area contributed by atoms with E-state index in [9.17, 15) is 14.4 Å². The highest BCUT2D eigenvalue weighted by molar-refractivity contribution is 5.80. The molecule has 6 nitrogen and oxygen atoms in total. The highest BCUT2D eigenvalue weighted by atomic mass is 16.5. The fourth-order valence-electron chi connectivity index (χ4n) is 5.31. The molecule has 0 aromatic carbocycles. The Balaban J connectivity index is 4.28. The lowest BCUT2D eigenvalue weighted by Crippen LogP contribution is -2.28. The molecule has 1 amide bonds. The van der Waals surface area contributed by atoms with Gasteiger partial charge < -0.3 is 15.2 Å². The standard InChI is InChI=1S/C45H73NO5/c1-3-5-7-9-11-13-14-15-16-17-18-19-20-21-22-24-26-32-36-40-45(50)51-42(37-33-29-25-23-12-10-8-6-4-2)38-34-30-27-28-31-35-39-43(47)46-41-44(48)49/h5,7,11,13,15-16,18-19,21-23,25,33,37,42H,3-4,6,8-10,12,14,17,20,24,26-32,34-36,38-41H2,1-2H3,(H,46,47)(H,48,49)/b7-5-,13-11-,16-15-,19-18-,22-21-,25-23-,37-33-. The van der Waals surface area contributed by atoms with E-state index in [1.165, 1.54) is 25.7 Å². The van der Waals surface area contributed by atoms with Gasteiger partial charge in [0.25, 0.3) is 0 Å². The summed E-state index contributed by atoms with van der Waals surface area (Å²) in [6.45, 7) is 4.07. The van der Waals surface area contributed by atoms with E-state index >= 15 is 0 Å². The van der Waals surface area contributed by atoms with Crippen molar-refractivity contribution in [1.29, 1.82) is 0 Å². The van der Waals surface area contributed by atoms with Gasteiger partial charge in [-0.25, -0.2) is 0 Å². The van der Waals surface area contributed by atoms with E-state index in [1.54, 1.807) is 0 Å². The number of unbranched alkanes of at least 4 members (excludes halogenated alkanes) is 12. The van der Waals surface area contributed by atoms with Crippen LogP contribution in [-0.2, 0) is 19.1 Å². The summed E-state index contributed by atoms with van der Waals surface area (Å²) >= 11 is 0. The molecule has 0 rings (SSSR count). The first-order chi connectivity index (χ1) is 25.0. The predicted octanol–water partition coefficient (Wildman–Crippen LogP) is 12.4. The Morgan fingerprint density at radius 3 is 1.59 bits per heavy atom. The third kappa shape index (κ3) is 39.2. The number of allylic oxidation sites excluding steroid dienone is 13. The molecule has 2 N–H and O–H groups in total. The molecule has 0 spiro atoms. The first-order valence-electron chi connectivity index (χ1n) is 20.2. The van der Waals surface area contributed by atoms with Gasteiger partial charge in [0.2, 0.25) is 5.91 Å². The number of hydrogen-bond acceptors (Lipinski definition) is 4. The number of aliphatic carboxylic acids is 1. The van der Waals surface area contributed by atoms with Crippen LogP contribution in [0.15, 0.2) is 85.1 Å². The van der Waals surface area contributed by atoms with Crippen LogP contribution in [0.2, 0.25) is 0 Å². The van der Waals surface area contributed by atoms with Crippen LogP contribution < -0.4 is 5.32 Å². The summed E-state index contributed by atoms with van der Waals surface area (Å²) in [5.74, 6) is -1.33. The number of esters is 1. The smallest absolute Gasteiger partial charge is 0.322 e. The normalized spacial score (nSPS) is 13.0. The molecule has 51 heavy (non-hydrogen) atoms. The van der Waals surface area contributed by atoms with Crippen molar-refractivity contribution < 1.29 is 24.2 Å². The lowest BCUT2D eigenvalue weighted by molar-refractivity contribution is -0.147. The Labute approximate surface area is 312 Å². The molecule has 1 atom stereocenters. The zero-order valence-electron chi connectivity index (χ0n) is 32.4. The van der Waals surface area contributed by atoms with Crippen LogP contribution >= 0.6 is 0 Å². The minimum absolute atomic E-state index is 0.104. The quantitative estimate of drug-likeness (QED) is 0.0388. The molecule has 0 radical (unpaired) electrons. The van der Waals surface area contributed by atoms with Gasteiger partial charge in [-0.15, -0.1) is 0 Å². The number of carbonyl (C=O) groups excluding carboxylic acids is 2. The molecule has 0 bridgehead atoms. The van der Waals surface area contributed by atoms with Gasteiger partial charge in [-0.1, -0.05) is 144 Å². The number of carbonyl (C=O) groups is 3. The molecule has 0 heterocycles. The maximum atomic E-state index is 12.7. The van der Waals surface area contributed by atoms with Crippen LogP contribution in [0, 0.1) is 0 Å². The van der Waals surface area contributed by atoms with Gasteiger partial charge in [-0.2, -0.15) is 0 Å². The monoisotopic (exact) mass is 708 g/mol. The number of carboxylic acid groups (broad SMARTS) is 1. The SMILES string of the molecule is CC/C=C\C/C=C\C/C=C\C/C=C\C/C=C\CCCCCC(=O)OC(/C=C\C/C=C\CCCCCC)CCCCCCCCC(=O)NCC(=O)O. The third-order valence-electron chi connectivity index (χ3n) is 8.29. The van der Waals surface area contributed by atoms with Crippen molar-refractivity contribution in [2.24, 2.45) is 0 Å². The number of carboxylic acids is 1. The van der Waals surface area contributed by atoms with Crippen LogP contribution in [-0.4, -0.2) is 35.6 Å². The molecule has 0 saturated heterocycles. The first-order valence-corrected chi connectivity index (χ1v) is 20.2. The van der Waals surface area contributed by atoms with E-state index in [-0.39, 0.29) is 24.5 Å². The predicted molar refractivity (Wildman–Crippen MR) is 217 cm³/mol. The van der Waals surface area contributed by atoms with Crippen molar-refractivity contribution in [3.05, 3.63) is 85.1 Å². The van der Waals surface area contributed by atoms with Crippen molar-refractivity contribution in [1.82, 2.24) is 5.32 Å². The summed E-state index contributed by atoms with van der Waals surface area (Å²) in [6, 6.07) is 0. The second-order valence-corrected chi connectivity index (χ2v) is 13.2. The molecule has 0 aliphatic heterocycles. The molecule has 1 unspecified atom stereocenters.